The molecule has 0 aliphatic rings. The van der Waals surface area contributed by atoms with Crippen LogP contribution < -0.4 is 0 Å². The molecule has 0 radical (unpaired) electrons. The number of thiophene rings is 1. The second kappa shape index (κ2) is 13.1. The molecule has 0 aliphatic heterocycles. The number of hydrogen-bond donors (Lipinski definition) is 0. The summed E-state index contributed by atoms with van der Waals surface area (Å²) in [7, 11) is 0. The van der Waals surface area contributed by atoms with E-state index in [4.69, 9.17) is 9.97 Å². The molecule has 2 nitrogen and oxygen atoms in total. The van der Waals surface area contributed by atoms with Crippen molar-refractivity contribution in [2.45, 2.75) is 0 Å². The Bertz CT molecular complexity index is 2930. The van der Waals surface area contributed by atoms with Crippen LogP contribution in [-0.2, 0) is 0 Å². The molecule has 53 heavy (non-hydrogen) atoms. The minimum absolute atomic E-state index is 0.697. The predicted molar refractivity (Wildman–Crippen MR) is 225 cm³/mol. The fraction of sp³-hybridized carbons (Fsp3) is 0. The van der Waals surface area contributed by atoms with Crippen molar-refractivity contribution in [1.29, 1.82) is 0 Å². The van der Waals surface area contributed by atoms with Crippen molar-refractivity contribution in [2.24, 2.45) is 0 Å². The Hall–Kier alpha value is -6.68. The van der Waals surface area contributed by atoms with Crippen molar-refractivity contribution in [3.63, 3.8) is 0 Å². The highest BCUT2D eigenvalue weighted by molar-refractivity contribution is 7.25. The molecular formula is C50H32N2S. The maximum absolute atomic E-state index is 5.33. The first-order valence-electron chi connectivity index (χ1n) is 17.9. The molecule has 0 atom stereocenters. The van der Waals surface area contributed by atoms with Gasteiger partial charge >= 0.3 is 0 Å². The topological polar surface area (TPSA) is 25.8 Å². The van der Waals surface area contributed by atoms with Crippen LogP contribution in [0.4, 0.5) is 0 Å². The van der Waals surface area contributed by atoms with E-state index >= 15 is 0 Å². The van der Waals surface area contributed by atoms with Gasteiger partial charge in [0.05, 0.1) is 11.4 Å². The first kappa shape index (κ1) is 31.1. The highest BCUT2D eigenvalue weighted by Crippen LogP contribution is 2.42. The molecule has 0 fully saturated rings. The van der Waals surface area contributed by atoms with E-state index in [-0.39, 0.29) is 0 Å². The van der Waals surface area contributed by atoms with Crippen molar-refractivity contribution in [3.8, 4) is 67.3 Å². The fourth-order valence-corrected chi connectivity index (χ4v) is 8.54. The standard InChI is InChI=1S/C50H32N2S/c1-3-12-33(13-4-1)36-22-25-37(26-23-36)50-51-45(39-27-24-35-16-7-8-17-38(35)28-39)32-46(52-50)42-30-40(34-14-5-2-6-15-34)29-41(31-42)43-19-11-21-48-49(43)44-18-9-10-20-47(44)53-48/h1-32H. The molecule has 0 spiro atoms. The van der Waals surface area contributed by atoms with Gasteiger partial charge in [0.25, 0.3) is 0 Å². The van der Waals surface area contributed by atoms with Gasteiger partial charge < -0.3 is 0 Å². The number of fused-ring (bicyclic) bond motifs is 4. The SMILES string of the molecule is c1ccc(-c2ccc(-c3nc(-c4cc(-c5ccccc5)cc(-c5cccc6sc7ccccc7c56)c4)cc(-c4ccc5ccccc5c4)n3)cc2)cc1. The van der Waals surface area contributed by atoms with Crippen LogP contribution in [0.2, 0.25) is 0 Å². The molecule has 0 amide bonds. The Balaban J connectivity index is 1.19. The highest BCUT2D eigenvalue weighted by atomic mass is 32.1. The molecule has 0 saturated heterocycles. The molecule has 10 aromatic rings. The number of hydrogen-bond acceptors (Lipinski definition) is 3. The van der Waals surface area contributed by atoms with Crippen LogP contribution in [0.1, 0.15) is 0 Å². The normalized spacial score (nSPS) is 11.4. The summed E-state index contributed by atoms with van der Waals surface area (Å²) < 4.78 is 2.59. The Morgan fingerprint density at radius 2 is 0.887 bits per heavy atom. The van der Waals surface area contributed by atoms with Gasteiger partial charge in [0.1, 0.15) is 0 Å². The second-order valence-corrected chi connectivity index (χ2v) is 14.5. The van der Waals surface area contributed by atoms with Crippen molar-refractivity contribution in [2.75, 3.05) is 0 Å². The molecule has 3 heteroatoms. The van der Waals surface area contributed by atoms with Crippen LogP contribution in [-0.4, -0.2) is 9.97 Å². The van der Waals surface area contributed by atoms with Gasteiger partial charge in [0, 0.05) is 36.9 Å². The van der Waals surface area contributed by atoms with Crippen molar-refractivity contribution in [3.05, 3.63) is 194 Å². The Labute approximate surface area is 312 Å². The van der Waals surface area contributed by atoms with Crippen LogP contribution in [0.3, 0.4) is 0 Å². The molecule has 2 aromatic heterocycles. The molecule has 0 bridgehead atoms. The second-order valence-electron chi connectivity index (χ2n) is 13.4. The quantitative estimate of drug-likeness (QED) is 0.173. The minimum Gasteiger partial charge on any atom is -0.228 e. The number of rotatable bonds is 6. The third-order valence-electron chi connectivity index (χ3n) is 10.1. The van der Waals surface area contributed by atoms with E-state index in [0.29, 0.717) is 5.82 Å². The molecule has 0 N–H and O–H groups in total. The van der Waals surface area contributed by atoms with Gasteiger partial charge in [-0.05, 0) is 86.6 Å². The van der Waals surface area contributed by atoms with Gasteiger partial charge in [-0.1, -0.05) is 152 Å². The molecule has 248 valence electrons. The van der Waals surface area contributed by atoms with Gasteiger partial charge in [-0.3, -0.25) is 0 Å². The average molecular weight is 693 g/mol. The molecule has 8 aromatic carbocycles. The van der Waals surface area contributed by atoms with Crippen LogP contribution in [0.15, 0.2) is 194 Å². The van der Waals surface area contributed by atoms with E-state index in [9.17, 15) is 0 Å². The lowest BCUT2D eigenvalue weighted by molar-refractivity contribution is 1.18. The number of nitrogens with zero attached hydrogens (tertiary/aromatic N) is 2. The fourth-order valence-electron chi connectivity index (χ4n) is 7.41. The largest absolute Gasteiger partial charge is 0.228 e. The van der Waals surface area contributed by atoms with E-state index in [2.05, 4.69) is 188 Å². The predicted octanol–water partition coefficient (Wildman–Crippen LogP) is 14.0. The zero-order valence-electron chi connectivity index (χ0n) is 28.8. The zero-order valence-corrected chi connectivity index (χ0v) is 29.6. The van der Waals surface area contributed by atoms with Crippen molar-refractivity contribution in [1.82, 2.24) is 9.97 Å². The van der Waals surface area contributed by atoms with Crippen molar-refractivity contribution >= 4 is 42.3 Å². The smallest absolute Gasteiger partial charge is 0.160 e. The lowest BCUT2D eigenvalue weighted by Crippen LogP contribution is -1.97. The van der Waals surface area contributed by atoms with Gasteiger partial charge in [-0.15, -0.1) is 11.3 Å². The summed E-state index contributed by atoms with van der Waals surface area (Å²) in [5, 5.41) is 4.97. The summed E-state index contributed by atoms with van der Waals surface area (Å²) >= 11 is 1.85. The van der Waals surface area contributed by atoms with Crippen LogP contribution in [0.25, 0.3) is 98.2 Å². The van der Waals surface area contributed by atoms with Crippen LogP contribution in [0.5, 0.6) is 0 Å². The Kier molecular flexibility index (Phi) is 7.71. The lowest BCUT2D eigenvalue weighted by atomic mass is 9.92. The summed E-state index contributed by atoms with van der Waals surface area (Å²) in [5.41, 5.74) is 11.9. The first-order valence-corrected chi connectivity index (χ1v) is 18.7. The summed E-state index contributed by atoms with van der Waals surface area (Å²) in [6, 6.07) is 69.3. The Morgan fingerprint density at radius 1 is 0.321 bits per heavy atom. The molecule has 0 aliphatic carbocycles. The molecule has 10 rings (SSSR count). The molecule has 2 heterocycles. The van der Waals surface area contributed by atoms with E-state index < -0.39 is 0 Å². The number of aromatic nitrogens is 2. The van der Waals surface area contributed by atoms with E-state index in [0.717, 1.165) is 44.8 Å². The third kappa shape index (κ3) is 5.87. The third-order valence-corrected chi connectivity index (χ3v) is 11.2. The monoisotopic (exact) mass is 692 g/mol. The lowest BCUT2D eigenvalue weighted by Gasteiger charge is -2.14. The van der Waals surface area contributed by atoms with Gasteiger partial charge in [0.15, 0.2) is 5.82 Å². The van der Waals surface area contributed by atoms with Crippen LogP contribution in [0, 0.1) is 0 Å². The average Bonchev–Trinajstić information content (AvgIpc) is 3.63. The summed E-state index contributed by atoms with van der Waals surface area (Å²) in [4.78, 5) is 10.6. The zero-order chi connectivity index (χ0) is 35.1. The maximum Gasteiger partial charge on any atom is 0.160 e. The Morgan fingerprint density at radius 3 is 1.68 bits per heavy atom. The van der Waals surface area contributed by atoms with E-state index in [1.165, 1.54) is 47.6 Å². The molecule has 0 saturated carbocycles. The summed E-state index contributed by atoms with van der Waals surface area (Å²) in [5.74, 6) is 0.697. The van der Waals surface area contributed by atoms with E-state index in [1.807, 2.05) is 17.4 Å². The van der Waals surface area contributed by atoms with E-state index in [1.54, 1.807) is 0 Å². The molecule has 0 unspecified atom stereocenters. The van der Waals surface area contributed by atoms with Crippen LogP contribution >= 0.6 is 11.3 Å². The number of benzene rings is 8. The first-order chi connectivity index (χ1) is 26.2. The van der Waals surface area contributed by atoms with Gasteiger partial charge in [0.2, 0.25) is 0 Å². The van der Waals surface area contributed by atoms with Gasteiger partial charge in [-0.25, -0.2) is 9.97 Å². The molecular weight excluding hydrogens is 661 g/mol. The van der Waals surface area contributed by atoms with Gasteiger partial charge in [-0.2, -0.15) is 0 Å². The summed E-state index contributed by atoms with van der Waals surface area (Å²) in [6.07, 6.45) is 0. The summed E-state index contributed by atoms with van der Waals surface area (Å²) in [6.45, 7) is 0. The maximum atomic E-state index is 5.33. The van der Waals surface area contributed by atoms with Crippen molar-refractivity contribution < 1.29 is 0 Å². The minimum atomic E-state index is 0.697. The highest BCUT2D eigenvalue weighted by Gasteiger charge is 2.16.